The van der Waals surface area contributed by atoms with Gasteiger partial charge in [-0.05, 0) is 29.3 Å². The van der Waals surface area contributed by atoms with E-state index in [0.717, 1.165) is 17.2 Å². The van der Waals surface area contributed by atoms with Gasteiger partial charge in [-0.1, -0.05) is 42.5 Å². The van der Waals surface area contributed by atoms with Crippen molar-refractivity contribution in [3.8, 4) is 5.75 Å². The molecule has 0 atom stereocenters. The van der Waals surface area contributed by atoms with Gasteiger partial charge in [0.2, 0.25) is 0 Å². The number of carboxylic acids is 1. The number of hydrogen-bond donors (Lipinski definition) is 1. The van der Waals surface area contributed by atoms with Crippen LogP contribution in [0.2, 0.25) is 0 Å². The van der Waals surface area contributed by atoms with Crippen LogP contribution in [0.4, 0.5) is 0 Å². The first-order valence-corrected chi connectivity index (χ1v) is 6.49. The maximum atomic E-state index is 10.5. The van der Waals surface area contributed by atoms with E-state index < -0.39 is 5.97 Å². The number of aliphatic carboxylic acids is 1. The highest BCUT2D eigenvalue weighted by Crippen LogP contribution is 2.14. The summed E-state index contributed by atoms with van der Waals surface area (Å²) in [5, 5.41) is 8.59. The van der Waals surface area contributed by atoms with E-state index in [0.29, 0.717) is 12.4 Å². The zero-order valence-electron chi connectivity index (χ0n) is 11.4. The molecule has 0 aliphatic heterocycles. The van der Waals surface area contributed by atoms with Crippen molar-refractivity contribution in [1.29, 1.82) is 0 Å². The van der Waals surface area contributed by atoms with Gasteiger partial charge >= 0.3 is 5.97 Å². The first-order valence-electron chi connectivity index (χ1n) is 6.49. The van der Waals surface area contributed by atoms with Crippen LogP contribution in [0.1, 0.15) is 11.1 Å². The third-order valence-electron chi connectivity index (χ3n) is 2.70. The van der Waals surface area contributed by atoms with Gasteiger partial charge in [0, 0.05) is 6.08 Å². The average Bonchev–Trinajstić information content (AvgIpc) is 2.51. The maximum Gasteiger partial charge on any atom is 0.328 e. The summed E-state index contributed by atoms with van der Waals surface area (Å²) in [5.41, 5.74) is 1.84. The number of carbonyl (C=O) groups is 1. The minimum Gasteiger partial charge on any atom is -0.478 e. The van der Waals surface area contributed by atoms with E-state index >= 15 is 0 Å². The normalized spacial score (nSPS) is 10.7. The minimum absolute atomic E-state index is 0.140. The number of ether oxygens (including phenoxy) is 2. The Balaban J connectivity index is 1.80. The lowest BCUT2D eigenvalue weighted by Gasteiger charge is -2.08. The van der Waals surface area contributed by atoms with Crippen molar-refractivity contribution in [3.63, 3.8) is 0 Å². The number of hydrogen-bond acceptors (Lipinski definition) is 3. The lowest BCUT2D eigenvalue weighted by molar-refractivity contribution is -0.131. The van der Waals surface area contributed by atoms with E-state index in [-0.39, 0.29) is 6.79 Å². The lowest BCUT2D eigenvalue weighted by Crippen LogP contribution is -2.02. The largest absolute Gasteiger partial charge is 0.478 e. The molecule has 2 aromatic rings. The number of rotatable bonds is 7. The molecule has 0 radical (unpaired) electrons. The molecule has 2 rings (SSSR count). The van der Waals surface area contributed by atoms with Crippen LogP contribution >= 0.6 is 0 Å². The van der Waals surface area contributed by atoms with Gasteiger partial charge in [-0.15, -0.1) is 0 Å². The molecule has 2 aromatic carbocycles. The molecule has 4 heteroatoms. The molecule has 0 unspecified atom stereocenters. The van der Waals surface area contributed by atoms with Crippen molar-refractivity contribution in [2.24, 2.45) is 0 Å². The molecule has 0 aliphatic rings. The van der Waals surface area contributed by atoms with Crippen molar-refractivity contribution in [2.75, 3.05) is 6.79 Å². The Hall–Kier alpha value is -2.59. The summed E-state index contributed by atoms with van der Waals surface area (Å²) >= 11 is 0. The predicted molar refractivity (Wildman–Crippen MR) is 79.8 cm³/mol. The van der Waals surface area contributed by atoms with Crippen molar-refractivity contribution in [2.45, 2.75) is 6.61 Å². The van der Waals surface area contributed by atoms with E-state index in [2.05, 4.69) is 0 Å². The van der Waals surface area contributed by atoms with Crippen LogP contribution in [0.25, 0.3) is 6.08 Å². The molecule has 21 heavy (non-hydrogen) atoms. The number of carboxylic acid groups (broad SMARTS) is 1. The van der Waals surface area contributed by atoms with Crippen LogP contribution in [-0.2, 0) is 16.1 Å². The Morgan fingerprint density at radius 2 is 1.90 bits per heavy atom. The molecule has 1 N–H and O–H groups in total. The summed E-state index contributed by atoms with van der Waals surface area (Å²) in [7, 11) is 0. The first kappa shape index (κ1) is 14.8. The minimum atomic E-state index is -0.979. The van der Waals surface area contributed by atoms with Crippen LogP contribution in [-0.4, -0.2) is 17.9 Å². The summed E-state index contributed by atoms with van der Waals surface area (Å²) in [6.07, 6.45) is 2.60. The van der Waals surface area contributed by atoms with Gasteiger partial charge in [-0.3, -0.25) is 0 Å². The summed E-state index contributed by atoms with van der Waals surface area (Å²) in [4.78, 5) is 10.5. The fourth-order valence-electron chi connectivity index (χ4n) is 1.72. The van der Waals surface area contributed by atoms with Crippen molar-refractivity contribution in [1.82, 2.24) is 0 Å². The second kappa shape index (κ2) is 7.87. The predicted octanol–water partition coefficient (Wildman–Crippen LogP) is 3.34. The fraction of sp³-hybridized carbons (Fsp3) is 0.118. The van der Waals surface area contributed by atoms with Crippen molar-refractivity contribution in [3.05, 3.63) is 71.8 Å². The Bertz CT molecular complexity index is 605. The van der Waals surface area contributed by atoms with Crippen LogP contribution in [0.5, 0.6) is 5.75 Å². The van der Waals surface area contributed by atoms with Crippen LogP contribution in [0.3, 0.4) is 0 Å². The SMILES string of the molecule is O=C(O)/C=C/c1cccc(OCOCc2ccccc2)c1. The lowest BCUT2D eigenvalue weighted by atomic mass is 10.2. The molecular formula is C17H16O4. The maximum absolute atomic E-state index is 10.5. The molecule has 108 valence electrons. The fourth-order valence-corrected chi connectivity index (χ4v) is 1.72. The van der Waals surface area contributed by atoms with E-state index in [1.54, 1.807) is 24.3 Å². The Labute approximate surface area is 123 Å². The molecule has 0 heterocycles. The molecular weight excluding hydrogens is 268 g/mol. The molecule has 0 amide bonds. The van der Waals surface area contributed by atoms with Crippen LogP contribution in [0.15, 0.2) is 60.7 Å². The standard InChI is InChI=1S/C17H16O4/c18-17(19)10-9-14-7-4-8-16(11-14)21-13-20-12-15-5-2-1-3-6-15/h1-11H,12-13H2,(H,18,19)/b10-9+. The van der Waals surface area contributed by atoms with Crippen LogP contribution in [0, 0.1) is 0 Å². The van der Waals surface area contributed by atoms with Gasteiger partial charge in [-0.2, -0.15) is 0 Å². The summed E-state index contributed by atoms with van der Waals surface area (Å²) < 4.78 is 10.9. The molecule has 0 aliphatic carbocycles. The van der Waals surface area contributed by atoms with E-state index in [9.17, 15) is 4.79 Å². The first-order chi connectivity index (χ1) is 10.2. The van der Waals surface area contributed by atoms with Gasteiger partial charge in [0.05, 0.1) is 6.61 Å². The van der Waals surface area contributed by atoms with Crippen molar-refractivity contribution < 1.29 is 19.4 Å². The Morgan fingerprint density at radius 1 is 1.10 bits per heavy atom. The quantitative estimate of drug-likeness (QED) is 0.481. The Kier molecular flexibility index (Phi) is 5.55. The third kappa shape index (κ3) is 5.50. The zero-order chi connectivity index (χ0) is 14.9. The van der Waals surface area contributed by atoms with Gasteiger partial charge in [0.1, 0.15) is 5.75 Å². The van der Waals surface area contributed by atoms with Crippen molar-refractivity contribution >= 4 is 12.0 Å². The summed E-state index contributed by atoms with van der Waals surface area (Å²) in [6, 6.07) is 17.0. The van der Waals surface area contributed by atoms with Gasteiger partial charge in [-0.25, -0.2) is 4.79 Å². The van der Waals surface area contributed by atoms with Gasteiger partial charge in [0.15, 0.2) is 6.79 Å². The zero-order valence-corrected chi connectivity index (χ0v) is 11.4. The molecule has 0 fully saturated rings. The van der Waals surface area contributed by atoms with Gasteiger partial charge < -0.3 is 14.6 Å². The van der Waals surface area contributed by atoms with E-state index in [1.807, 2.05) is 30.3 Å². The molecule has 0 saturated heterocycles. The molecule has 0 spiro atoms. The topological polar surface area (TPSA) is 55.8 Å². The third-order valence-corrected chi connectivity index (χ3v) is 2.70. The van der Waals surface area contributed by atoms with Gasteiger partial charge in [0.25, 0.3) is 0 Å². The van der Waals surface area contributed by atoms with E-state index in [4.69, 9.17) is 14.6 Å². The number of benzene rings is 2. The van der Waals surface area contributed by atoms with E-state index in [1.165, 1.54) is 6.08 Å². The molecule has 4 nitrogen and oxygen atoms in total. The molecule has 0 saturated carbocycles. The molecule has 0 bridgehead atoms. The monoisotopic (exact) mass is 284 g/mol. The molecule has 0 aromatic heterocycles. The highest BCUT2D eigenvalue weighted by atomic mass is 16.7. The highest BCUT2D eigenvalue weighted by molar-refractivity contribution is 5.85. The Morgan fingerprint density at radius 3 is 2.67 bits per heavy atom. The second-order valence-electron chi connectivity index (χ2n) is 4.34. The second-order valence-corrected chi connectivity index (χ2v) is 4.34. The smallest absolute Gasteiger partial charge is 0.328 e. The highest BCUT2D eigenvalue weighted by Gasteiger charge is 1.96. The summed E-state index contributed by atoms with van der Waals surface area (Å²) in [6.45, 7) is 0.625. The van der Waals surface area contributed by atoms with Crippen LogP contribution < -0.4 is 4.74 Å². The summed E-state index contributed by atoms with van der Waals surface area (Å²) in [5.74, 6) is -0.344. The average molecular weight is 284 g/mol.